The van der Waals surface area contributed by atoms with Gasteiger partial charge in [-0.15, -0.1) is 0 Å². The average molecular weight is 286 g/mol. The summed E-state index contributed by atoms with van der Waals surface area (Å²) in [5, 5.41) is 8.64. The Balaban J connectivity index is 2.72. The van der Waals surface area contributed by atoms with Crippen molar-refractivity contribution in [2.75, 3.05) is 18.9 Å². The standard InChI is InChI=1S/C13H22N2O3S/c1-10-8-12(9-13(14)11(10)2)19(17,18)15-6-4-3-5-7-16/h8-9,15-16H,3-7,14H2,1-2H3. The third-order valence-electron chi connectivity index (χ3n) is 3.12. The molecule has 0 spiro atoms. The number of aliphatic hydroxyl groups excluding tert-OH is 1. The van der Waals surface area contributed by atoms with Crippen molar-refractivity contribution in [3.63, 3.8) is 0 Å². The first-order chi connectivity index (χ1) is 8.88. The van der Waals surface area contributed by atoms with Crippen molar-refractivity contribution in [2.45, 2.75) is 38.0 Å². The minimum absolute atomic E-state index is 0.139. The number of nitrogens with one attached hydrogen (secondary N) is 1. The van der Waals surface area contributed by atoms with Gasteiger partial charge in [-0.2, -0.15) is 0 Å². The molecular formula is C13H22N2O3S. The number of sulfonamides is 1. The van der Waals surface area contributed by atoms with Crippen LogP contribution in [0.1, 0.15) is 30.4 Å². The maximum atomic E-state index is 12.1. The van der Waals surface area contributed by atoms with Crippen molar-refractivity contribution in [1.29, 1.82) is 0 Å². The van der Waals surface area contributed by atoms with Crippen molar-refractivity contribution in [3.8, 4) is 0 Å². The summed E-state index contributed by atoms with van der Waals surface area (Å²) in [7, 11) is -3.50. The van der Waals surface area contributed by atoms with Crippen LogP contribution >= 0.6 is 0 Å². The van der Waals surface area contributed by atoms with Crippen molar-refractivity contribution in [1.82, 2.24) is 4.72 Å². The molecule has 0 aliphatic rings. The highest BCUT2D eigenvalue weighted by molar-refractivity contribution is 7.89. The number of rotatable bonds is 7. The molecule has 1 rings (SSSR count). The molecule has 4 N–H and O–H groups in total. The summed E-state index contributed by atoms with van der Waals surface area (Å²) in [5.41, 5.74) is 8.05. The van der Waals surface area contributed by atoms with Crippen LogP contribution in [-0.4, -0.2) is 26.7 Å². The van der Waals surface area contributed by atoms with E-state index in [-0.39, 0.29) is 11.5 Å². The average Bonchev–Trinajstić information content (AvgIpc) is 2.35. The number of nitrogens with two attached hydrogens (primary N) is 1. The summed E-state index contributed by atoms with van der Waals surface area (Å²) in [6.45, 7) is 4.21. The van der Waals surface area contributed by atoms with Gasteiger partial charge in [-0.05, 0) is 56.4 Å². The Bertz CT molecular complexity index is 504. The van der Waals surface area contributed by atoms with E-state index in [0.717, 1.165) is 17.5 Å². The molecule has 0 radical (unpaired) electrons. The van der Waals surface area contributed by atoms with E-state index in [2.05, 4.69) is 4.72 Å². The van der Waals surface area contributed by atoms with Gasteiger partial charge in [0.1, 0.15) is 0 Å². The zero-order valence-corrected chi connectivity index (χ0v) is 12.3. The van der Waals surface area contributed by atoms with Crippen LogP contribution in [0.2, 0.25) is 0 Å². The molecule has 0 saturated heterocycles. The van der Waals surface area contributed by atoms with Crippen LogP contribution in [-0.2, 0) is 10.0 Å². The second-order valence-corrected chi connectivity index (χ2v) is 6.40. The number of benzene rings is 1. The number of hydrogen-bond donors (Lipinski definition) is 3. The third-order valence-corrected chi connectivity index (χ3v) is 4.56. The minimum Gasteiger partial charge on any atom is -0.398 e. The number of hydrogen-bond acceptors (Lipinski definition) is 4. The highest BCUT2D eigenvalue weighted by Gasteiger charge is 2.15. The molecule has 6 heteroatoms. The fourth-order valence-electron chi connectivity index (χ4n) is 1.71. The Morgan fingerprint density at radius 3 is 2.47 bits per heavy atom. The van der Waals surface area contributed by atoms with Crippen LogP contribution < -0.4 is 10.5 Å². The highest BCUT2D eigenvalue weighted by Crippen LogP contribution is 2.21. The van der Waals surface area contributed by atoms with Gasteiger partial charge < -0.3 is 10.8 Å². The fraction of sp³-hybridized carbons (Fsp3) is 0.538. The maximum absolute atomic E-state index is 12.1. The summed E-state index contributed by atoms with van der Waals surface area (Å²) in [4.78, 5) is 0.204. The van der Waals surface area contributed by atoms with Gasteiger partial charge in [-0.1, -0.05) is 0 Å². The van der Waals surface area contributed by atoms with E-state index in [0.29, 0.717) is 25.1 Å². The molecule has 0 saturated carbocycles. The van der Waals surface area contributed by atoms with Gasteiger partial charge in [0.05, 0.1) is 4.90 Å². The van der Waals surface area contributed by atoms with Crippen molar-refractivity contribution >= 4 is 15.7 Å². The fourth-order valence-corrected chi connectivity index (χ4v) is 2.90. The van der Waals surface area contributed by atoms with E-state index >= 15 is 0 Å². The lowest BCUT2D eigenvalue weighted by Gasteiger charge is -2.10. The normalized spacial score (nSPS) is 11.7. The predicted molar refractivity (Wildman–Crippen MR) is 76.5 cm³/mol. The van der Waals surface area contributed by atoms with Crippen LogP contribution in [0, 0.1) is 13.8 Å². The quantitative estimate of drug-likeness (QED) is 0.521. The van der Waals surface area contributed by atoms with Crippen LogP contribution in [0.5, 0.6) is 0 Å². The van der Waals surface area contributed by atoms with Gasteiger partial charge in [0.25, 0.3) is 0 Å². The molecule has 0 atom stereocenters. The van der Waals surface area contributed by atoms with Crippen LogP contribution in [0.3, 0.4) is 0 Å². The van der Waals surface area contributed by atoms with E-state index in [9.17, 15) is 8.42 Å². The zero-order chi connectivity index (χ0) is 14.5. The number of aryl methyl sites for hydroxylation is 1. The first kappa shape index (κ1) is 15.9. The Morgan fingerprint density at radius 2 is 1.89 bits per heavy atom. The molecule has 1 aromatic carbocycles. The Hall–Kier alpha value is -1.11. The topological polar surface area (TPSA) is 92.4 Å². The Labute approximate surface area is 114 Å². The lowest BCUT2D eigenvalue weighted by molar-refractivity contribution is 0.283. The number of unbranched alkanes of at least 4 members (excludes halogenated alkanes) is 2. The number of anilines is 1. The zero-order valence-electron chi connectivity index (χ0n) is 11.4. The summed E-state index contributed by atoms with van der Waals surface area (Å²) in [5.74, 6) is 0. The van der Waals surface area contributed by atoms with E-state index in [1.165, 1.54) is 6.07 Å². The second-order valence-electron chi connectivity index (χ2n) is 4.64. The lowest BCUT2D eigenvalue weighted by atomic mass is 10.1. The molecule has 0 amide bonds. The summed E-state index contributed by atoms with van der Waals surface area (Å²) in [6.07, 6.45) is 2.20. The van der Waals surface area contributed by atoms with Gasteiger partial charge in [0.2, 0.25) is 10.0 Å². The number of aliphatic hydroxyl groups is 1. The SMILES string of the molecule is Cc1cc(S(=O)(=O)NCCCCCO)cc(N)c1C. The predicted octanol–water partition coefficient (Wildman–Crippen LogP) is 1.33. The number of nitrogen functional groups attached to an aromatic ring is 1. The maximum Gasteiger partial charge on any atom is 0.240 e. The monoisotopic (exact) mass is 286 g/mol. The first-order valence-corrected chi connectivity index (χ1v) is 7.84. The molecule has 0 unspecified atom stereocenters. The van der Waals surface area contributed by atoms with E-state index < -0.39 is 10.0 Å². The van der Waals surface area contributed by atoms with E-state index in [1.54, 1.807) is 6.07 Å². The molecule has 1 aromatic rings. The van der Waals surface area contributed by atoms with Gasteiger partial charge >= 0.3 is 0 Å². The first-order valence-electron chi connectivity index (χ1n) is 6.35. The smallest absolute Gasteiger partial charge is 0.240 e. The molecule has 0 bridgehead atoms. The van der Waals surface area contributed by atoms with Gasteiger partial charge in [0, 0.05) is 18.8 Å². The Morgan fingerprint density at radius 1 is 1.21 bits per heavy atom. The third kappa shape index (κ3) is 4.49. The lowest BCUT2D eigenvalue weighted by Crippen LogP contribution is -2.25. The molecule has 5 nitrogen and oxygen atoms in total. The summed E-state index contributed by atoms with van der Waals surface area (Å²) >= 11 is 0. The highest BCUT2D eigenvalue weighted by atomic mass is 32.2. The summed E-state index contributed by atoms with van der Waals surface area (Å²) in [6, 6.07) is 3.11. The molecular weight excluding hydrogens is 264 g/mol. The van der Waals surface area contributed by atoms with Crippen molar-refractivity contribution in [2.24, 2.45) is 0 Å². The van der Waals surface area contributed by atoms with E-state index in [4.69, 9.17) is 10.8 Å². The van der Waals surface area contributed by atoms with E-state index in [1.807, 2.05) is 13.8 Å². The molecule has 0 aliphatic carbocycles. The molecule has 0 aliphatic heterocycles. The molecule has 0 fully saturated rings. The molecule has 108 valence electrons. The van der Waals surface area contributed by atoms with Crippen molar-refractivity contribution < 1.29 is 13.5 Å². The minimum atomic E-state index is -3.50. The molecule has 0 aromatic heterocycles. The van der Waals surface area contributed by atoms with Crippen LogP contribution in [0.25, 0.3) is 0 Å². The summed E-state index contributed by atoms with van der Waals surface area (Å²) < 4.78 is 26.7. The largest absolute Gasteiger partial charge is 0.398 e. The van der Waals surface area contributed by atoms with Gasteiger partial charge in [-0.25, -0.2) is 13.1 Å². The Kier molecular flexibility index (Phi) is 5.78. The van der Waals surface area contributed by atoms with Crippen LogP contribution in [0.15, 0.2) is 17.0 Å². The second kappa shape index (κ2) is 6.88. The van der Waals surface area contributed by atoms with Crippen molar-refractivity contribution in [3.05, 3.63) is 23.3 Å². The van der Waals surface area contributed by atoms with Crippen LogP contribution in [0.4, 0.5) is 5.69 Å². The van der Waals surface area contributed by atoms with Gasteiger partial charge in [-0.3, -0.25) is 0 Å². The van der Waals surface area contributed by atoms with Gasteiger partial charge in [0.15, 0.2) is 0 Å². The molecule has 19 heavy (non-hydrogen) atoms. The molecule has 0 heterocycles.